The van der Waals surface area contributed by atoms with Gasteiger partial charge in [0.05, 0.1) is 0 Å². The monoisotopic (exact) mass is 146 g/mol. The highest BCUT2D eigenvalue weighted by Gasteiger charge is 2.01. The van der Waals surface area contributed by atoms with Crippen molar-refractivity contribution < 1.29 is 0 Å². The van der Waals surface area contributed by atoms with E-state index >= 15 is 0 Å². The Labute approximate surface area is 62.9 Å². The lowest BCUT2D eigenvalue weighted by Crippen LogP contribution is -1.98. The fourth-order valence-electron chi connectivity index (χ4n) is 0.500. The molecule has 1 heteroatoms. The van der Waals surface area contributed by atoms with E-state index in [1.807, 2.05) is 0 Å². The predicted molar refractivity (Wildman–Crippen MR) is 43.9 cm³/mol. The third-order valence-corrected chi connectivity index (χ3v) is 1.11. The van der Waals surface area contributed by atoms with E-state index < -0.39 is 0 Å². The van der Waals surface area contributed by atoms with E-state index in [-0.39, 0.29) is 0 Å². The maximum absolute atomic E-state index is 5.48. The zero-order chi connectivity index (χ0) is 7.33. The van der Waals surface area contributed by atoms with Crippen LogP contribution in [0.4, 0.5) is 0 Å². The van der Waals surface area contributed by atoms with E-state index in [4.69, 9.17) is 11.6 Å². The number of hydrogen-bond donors (Lipinski definition) is 0. The highest BCUT2D eigenvalue weighted by molar-refractivity contribution is 6.17. The lowest BCUT2D eigenvalue weighted by molar-refractivity contribution is 0.542. The van der Waals surface area contributed by atoms with Crippen LogP contribution in [0.25, 0.3) is 0 Å². The van der Waals surface area contributed by atoms with Gasteiger partial charge in [0.25, 0.3) is 0 Å². The van der Waals surface area contributed by atoms with Crippen molar-refractivity contribution in [2.75, 3.05) is 5.88 Å². The van der Waals surface area contributed by atoms with Crippen LogP contribution in [0.2, 0.25) is 0 Å². The first kappa shape index (κ1) is 9.03. The van der Waals surface area contributed by atoms with Crippen LogP contribution in [0.5, 0.6) is 0 Å². The topological polar surface area (TPSA) is 0 Å². The second-order valence-corrected chi connectivity index (χ2v) is 3.62. The van der Waals surface area contributed by atoms with Gasteiger partial charge in [0.1, 0.15) is 0 Å². The van der Waals surface area contributed by atoms with Gasteiger partial charge in [0.2, 0.25) is 0 Å². The molecule has 0 aliphatic rings. The maximum atomic E-state index is 5.48. The molecule has 0 amide bonds. The molecule has 0 radical (unpaired) electrons. The van der Waals surface area contributed by atoms with Crippen LogP contribution in [0.3, 0.4) is 0 Å². The van der Waals surface area contributed by atoms with Gasteiger partial charge in [-0.3, -0.25) is 0 Å². The van der Waals surface area contributed by atoms with Crippen molar-refractivity contribution in [1.82, 2.24) is 0 Å². The Hall–Kier alpha value is 0.0300. The zero-order valence-electron chi connectivity index (χ0n) is 6.45. The fraction of sp³-hybridized carbons (Fsp3) is 0.750. The Morgan fingerprint density at radius 2 is 1.89 bits per heavy atom. The number of hydrogen-bond acceptors (Lipinski definition) is 0. The summed E-state index contributed by atoms with van der Waals surface area (Å²) in [5.41, 5.74) is 0.312. The molecule has 54 valence electrons. The molecule has 0 saturated heterocycles. The summed E-state index contributed by atoms with van der Waals surface area (Å²) in [6.07, 6.45) is 5.31. The van der Waals surface area contributed by atoms with E-state index in [0.717, 1.165) is 12.3 Å². The van der Waals surface area contributed by atoms with E-state index in [9.17, 15) is 0 Å². The van der Waals surface area contributed by atoms with Crippen molar-refractivity contribution in [2.24, 2.45) is 5.41 Å². The van der Waals surface area contributed by atoms with Gasteiger partial charge in [-0.25, -0.2) is 0 Å². The van der Waals surface area contributed by atoms with Gasteiger partial charge >= 0.3 is 0 Å². The summed E-state index contributed by atoms with van der Waals surface area (Å²) < 4.78 is 0. The van der Waals surface area contributed by atoms with Gasteiger partial charge in [0.15, 0.2) is 0 Å². The molecular formula is C8H15Cl. The molecule has 0 aliphatic heterocycles. The molecule has 0 bridgehead atoms. The molecule has 0 saturated carbocycles. The third kappa shape index (κ3) is 8.03. The standard InChI is InChI=1S/C8H15Cl/c1-8(2,3)6-4-5-7-9/h4,6H,5,7H2,1-3H3/b6-4+. The van der Waals surface area contributed by atoms with Crippen LogP contribution in [-0.4, -0.2) is 5.88 Å². The minimum absolute atomic E-state index is 0.312. The Morgan fingerprint density at radius 1 is 1.33 bits per heavy atom. The van der Waals surface area contributed by atoms with Crippen molar-refractivity contribution in [3.05, 3.63) is 12.2 Å². The molecule has 9 heavy (non-hydrogen) atoms. The van der Waals surface area contributed by atoms with Gasteiger partial charge in [-0.15, -0.1) is 11.6 Å². The molecule has 0 N–H and O–H groups in total. The molecule has 0 aromatic carbocycles. The van der Waals surface area contributed by atoms with Crippen molar-refractivity contribution >= 4 is 11.6 Å². The Bertz CT molecular complexity index is 87.2. The summed E-state index contributed by atoms with van der Waals surface area (Å²) in [4.78, 5) is 0. The molecule has 0 aliphatic carbocycles. The highest BCUT2D eigenvalue weighted by Crippen LogP contribution is 2.14. The lowest BCUT2D eigenvalue weighted by atomic mass is 9.96. The predicted octanol–water partition coefficient (Wildman–Crippen LogP) is 3.22. The summed E-state index contributed by atoms with van der Waals surface area (Å²) in [5.74, 6) is 0.729. The van der Waals surface area contributed by atoms with E-state index in [0.29, 0.717) is 5.41 Å². The van der Waals surface area contributed by atoms with Gasteiger partial charge in [-0.05, 0) is 11.8 Å². The van der Waals surface area contributed by atoms with Crippen LogP contribution < -0.4 is 0 Å². The SMILES string of the molecule is CC(C)(C)/C=C/CCCl. The molecule has 0 nitrogen and oxygen atoms in total. The van der Waals surface area contributed by atoms with Gasteiger partial charge in [-0.1, -0.05) is 32.9 Å². The summed E-state index contributed by atoms with van der Waals surface area (Å²) in [7, 11) is 0. The van der Waals surface area contributed by atoms with E-state index in [1.165, 1.54) is 0 Å². The van der Waals surface area contributed by atoms with Crippen molar-refractivity contribution in [3.8, 4) is 0 Å². The second kappa shape index (κ2) is 3.94. The van der Waals surface area contributed by atoms with Gasteiger partial charge in [-0.2, -0.15) is 0 Å². The first-order valence-corrected chi connectivity index (χ1v) is 3.83. The van der Waals surface area contributed by atoms with Crippen LogP contribution in [0.15, 0.2) is 12.2 Å². The van der Waals surface area contributed by atoms with Crippen molar-refractivity contribution in [3.63, 3.8) is 0 Å². The summed E-state index contributed by atoms with van der Waals surface area (Å²) in [5, 5.41) is 0. The zero-order valence-corrected chi connectivity index (χ0v) is 7.20. The number of rotatable bonds is 2. The highest BCUT2D eigenvalue weighted by atomic mass is 35.5. The van der Waals surface area contributed by atoms with Crippen molar-refractivity contribution in [2.45, 2.75) is 27.2 Å². The first-order valence-electron chi connectivity index (χ1n) is 3.30. The summed E-state index contributed by atoms with van der Waals surface area (Å²) in [6.45, 7) is 6.53. The van der Waals surface area contributed by atoms with Crippen molar-refractivity contribution in [1.29, 1.82) is 0 Å². The Balaban J connectivity index is 3.45. The molecule has 0 aromatic heterocycles. The second-order valence-electron chi connectivity index (χ2n) is 3.25. The smallest absolute Gasteiger partial charge is 0.0258 e. The Morgan fingerprint density at radius 3 is 2.22 bits per heavy atom. The van der Waals surface area contributed by atoms with E-state index in [2.05, 4.69) is 32.9 Å². The molecule has 0 spiro atoms. The van der Waals surface area contributed by atoms with Gasteiger partial charge in [0, 0.05) is 5.88 Å². The molecule has 0 unspecified atom stereocenters. The number of halogens is 1. The van der Waals surface area contributed by atoms with Gasteiger partial charge < -0.3 is 0 Å². The number of alkyl halides is 1. The molecule has 0 heterocycles. The lowest BCUT2D eigenvalue weighted by Gasteiger charge is -2.10. The molecule has 0 fully saturated rings. The van der Waals surface area contributed by atoms with Crippen LogP contribution in [0, 0.1) is 5.41 Å². The van der Waals surface area contributed by atoms with Crippen LogP contribution in [-0.2, 0) is 0 Å². The largest absolute Gasteiger partial charge is 0.126 e. The average Bonchev–Trinajstić information content (AvgIpc) is 1.63. The first-order chi connectivity index (χ1) is 4.06. The summed E-state index contributed by atoms with van der Waals surface area (Å²) in [6, 6.07) is 0. The van der Waals surface area contributed by atoms with Crippen LogP contribution in [0.1, 0.15) is 27.2 Å². The van der Waals surface area contributed by atoms with Crippen LogP contribution >= 0.6 is 11.6 Å². The minimum atomic E-state index is 0.312. The quantitative estimate of drug-likeness (QED) is 0.415. The molecule has 0 aromatic rings. The normalized spacial score (nSPS) is 12.9. The maximum Gasteiger partial charge on any atom is 0.0258 e. The number of allylic oxidation sites excluding steroid dienone is 2. The minimum Gasteiger partial charge on any atom is -0.126 e. The molecular weight excluding hydrogens is 132 g/mol. The summed E-state index contributed by atoms with van der Waals surface area (Å²) >= 11 is 5.48. The molecule has 0 atom stereocenters. The van der Waals surface area contributed by atoms with E-state index in [1.54, 1.807) is 0 Å². The fourth-order valence-corrected chi connectivity index (χ4v) is 0.626. The average molecular weight is 147 g/mol. The third-order valence-electron chi connectivity index (χ3n) is 0.894. The Kier molecular flexibility index (Phi) is 3.96. The molecule has 0 rings (SSSR count).